The van der Waals surface area contributed by atoms with Gasteiger partial charge in [-0.15, -0.1) is 0 Å². The van der Waals surface area contributed by atoms with Gasteiger partial charge in [-0.25, -0.2) is 8.42 Å². The van der Waals surface area contributed by atoms with E-state index in [9.17, 15) is 13.5 Å². The summed E-state index contributed by atoms with van der Waals surface area (Å²) in [6.07, 6.45) is 1.99. The van der Waals surface area contributed by atoms with Gasteiger partial charge in [0.1, 0.15) is 5.60 Å². The molecule has 0 aromatic heterocycles. The van der Waals surface area contributed by atoms with Gasteiger partial charge in [0.2, 0.25) is 0 Å². The molecule has 0 spiro atoms. The molecule has 0 amide bonds. The zero-order valence-corrected chi connectivity index (χ0v) is 13.2. The number of hydrogen-bond acceptors (Lipinski definition) is 3. The Balaban J connectivity index is 2.20. The van der Waals surface area contributed by atoms with E-state index in [1.165, 1.54) is 0 Å². The number of rotatable bonds is 3. The van der Waals surface area contributed by atoms with Crippen molar-refractivity contribution in [2.24, 2.45) is 0 Å². The predicted molar refractivity (Wildman–Crippen MR) is 87.3 cm³/mol. The Kier molecular flexibility index (Phi) is 4.06. The van der Waals surface area contributed by atoms with Crippen molar-refractivity contribution in [3.8, 4) is 0 Å². The standard InChI is InChI=1S/C18H20O3S/c19-18(15-9-3-1-4-10-15,16-11-5-2-6-12-16)17-13-7-8-14-22(17,20)21/h1-6,9-12,17,19H,7-8,13-14H2/t17-/m1/s1. The Bertz CT molecular complexity index is 684. The molecule has 1 fully saturated rings. The molecule has 1 aliphatic rings. The SMILES string of the molecule is O=S1(=O)CCCC[C@@H]1C(O)(c1ccccc1)c1ccccc1. The van der Waals surface area contributed by atoms with Crippen LogP contribution in [0.3, 0.4) is 0 Å². The van der Waals surface area contributed by atoms with Crippen molar-refractivity contribution in [3.05, 3.63) is 71.8 Å². The topological polar surface area (TPSA) is 54.4 Å². The van der Waals surface area contributed by atoms with Gasteiger partial charge >= 0.3 is 0 Å². The van der Waals surface area contributed by atoms with Crippen LogP contribution in [-0.4, -0.2) is 24.5 Å². The van der Waals surface area contributed by atoms with Crippen molar-refractivity contribution in [1.29, 1.82) is 0 Å². The van der Waals surface area contributed by atoms with E-state index in [1.54, 1.807) is 24.3 Å². The van der Waals surface area contributed by atoms with Crippen LogP contribution in [0.4, 0.5) is 0 Å². The van der Waals surface area contributed by atoms with Crippen LogP contribution in [0.1, 0.15) is 30.4 Å². The summed E-state index contributed by atoms with van der Waals surface area (Å²) in [6, 6.07) is 18.3. The number of hydrogen-bond donors (Lipinski definition) is 1. The molecule has 0 radical (unpaired) electrons. The van der Waals surface area contributed by atoms with Gasteiger partial charge in [0.25, 0.3) is 0 Å². The molecule has 22 heavy (non-hydrogen) atoms. The Labute approximate surface area is 131 Å². The van der Waals surface area contributed by atoms with Gasteiger partial charge in [-0.3, -0.25) is 0 Å². The van der Waals surface area contributed by atoms with Crippen LogP contribution in [-0.2, 0) is 15.4 Å². The van der Waals surface area contributed by atoms with Crippen molar-refractivity contribution in [2.45, 2.75) is 30.1 Å². The minimum atomic E-state index is -3.33. The fourth-order valence-corrected chi connectivity index (χ4v) is 5.56. The van der Waals surface area contributed by atoms with Gasteiger partial charge in [-0.2, -0.15) is 0 Å². The van der Waals surface area contributed by atoms with Crippen LogP contribution in [0, 0.1) is 0 Å². The van der Waals surface area contributed by atoms with E-state index >= 15 is 0 Å². The average molecular weight is 316 g/mol. The molecule has 1 aliphatic heterocycles. The van der Waals surface area contributed by atoms with Crippen molar-refractivity contribution in [1.82, 2.24) is 0 Å². The van der Waals surface area contributed by atoms with Gasteiger partial charge < -0.3 is 5.11 Å². The summed E-state index contributed by atoms with van der Waals surface area (Å²) in [5.74, 6) is 0.152. The van der Waals surface area contributed by atoms with Crippen LogP contribution >= 0.6 is 0 Å². The van der Waals surface area contributed by atoms with E-state index in [2.05, 4.69) is 0 Å². The van der Waals surface area contributed by atoms with Crippen LogP contribution in [0.15, 0.2) is 60.7 Å². The fourth-order valence-electron chi connectivity index (χ4n) is 3.35. The highest BCUT2D eigenvalue weighted by atomic mass is 32.2. The van der Waals surface area contributed by atoms with Crippen molar-refractivity contribution in [2.75, 3.05) is 5.75 Å². The highest BCUT2D eigenvalue weighted by molar-refractivity contribution is 7.92. The molecule has 3 nitrogen and oxygen atoms in total. The van der Waals surface area contributed by atoms with Crippen LogP contribution in [0.2, 0.25) is 0 Å². The minimum Gasteiger partial charge on any atom is -0.379 e. The Morgan fingerprint density at radius 2 is 1.36 bits per heavy atom. The molecule has 0 unspecified atom stereocenters. The lowest BCUT2D eigenvalue weighted by Crippen LogP contribution is -2.48. The molecule has 0 aliphatic carbocycles. The van der Waals surface area contributed by atoms with Gasteiger partial charge in [-0.05, 0) is 24.0 Å². The van der Waals surface area contributed by atoms with E-state index in [4.69, 9.17) is 0 Å². The second kappa shape index (κ2) is 5.86. The fraction of sp³-hybridized carbons (Fsp3) is 0.333. The van der Waals surface area contributed by atoms with E-state index in [0.29, 0.717) is 24.0 Å². The van der Waals surface area contributed by atoms with E-state index in [-0.39, 0.29) is 5.75 Å². The second-order valence-corrected chi connectivity index (χ2v) is 8.15. The molecule has 116 valence electrons. The summed E-state index contributed by atoms with van der Waals surface area (Å²) in [7, 11) is -3.33. The van der Waals surface area contributed by atoms with Gasteiger partial charge in [0.05, 0.1) is 11.0 Å². The number of aliphatic hydroxyl groups is 1. The van der Waals surface area contributed by atoms with Gasteiger partial charge in [-0.1, -0.05) is 67.1 Å². The summed E-state index contributed by atoms with van der Waals surface area (Å²) in [6.45, 7) is 0. The predicted octanol–water partition coefficient (Wildman–Crippen LogP) is 2.89. The van der Waals surface area contributed by atoms with Crippen molar-refractivity contribution in [3.63, 3.8) is 0 Å². The molecule has 1 saturated heterocycles. The lowest BCUT2D eigenvalue weighted by molar-refractivity contribution is 0.0702. The minimum absolute atomic E-state index is 0.152. The maximum Gasteiger partial charge on any atom is 0.156 e. The highest BCUT2D eigenvalue weighted by Gasteiger charge is 2.48. The molecule has 2 aromatic rings. The molecule has 0 saturated carbocycles. The smallest absolute Gasteiger partial charge is 0.156 e. The molecule has 4 heteroatoms. The van der Waals surface area contributed by atoms with Crippen LogP contribution in [0.25, 0.3) is 0 Å². The van der Waals surface area contributed by atoms with E-state index in [1.807, 2.05) is 36.4 Å². The molecule has 0 bridgehead atoms. The molecule has 1 heterocycles. The quantitative estimate of drug-likeness (QED) is 0.947. The third-order valence-corrected chi connectivity index (χ3v) is 6.77. The second-order valence-electron chi connectivity index (χ2n) is 5.85. The van der Waals surface area contributed by atoms with Crippen LogP contribution < -0.4 is 0 Å². The first-order valence-electron chi connectivity index (χ1n) is 7.60. The largest absolute Gasteiger partial charge is 0.379 e. The Morgan fingerprint density at radius 3 is 1.82 bits per heavy atom. The normalized spacial score (nSPS) is 21.4. The summed E-state index contributed by atoms with van der Waals surface area (Å²) in [5, 5.41) is 10.7. The maximum atomic E-state index is 12.6. The molecule has 1 N–H and O–H groups in total. The first-order valence-corrected chi connectivity index (χ1v) is 9.32. The van der Waals surface area contributed by atoms with Crippen LogP contribution in [0.5, 0.6) is 0 Å². The summed E-state index contributed by atoms with van der Waals surface area (Å²) >= 11 is 0. The zero-order valence-electron chi connectivity index (χ0n) is 12.4. The molecule has 1 atom stereocenters. The third kappa shape index (κ3) is 2.57. The summed E-state index contributed by atoms with van der Waals surface area (Å²) < 4.78 is 25.2. The molecular formula is C18H20O3S. The number of sulfone groups is 1. The van der Waals surface area contributed by atoms with Crippen molar-refractivity contribution >= 4 is 9.84 Å². The van der Waals surface area contributed by atoms with Gasteiger partial charge in [0.15, 0.2) is 9.84 Å². The average Bonchev–Trinajstić information content (AvgIpc) is 2.55. The Hall–Kier alpha value is -1.65. The zero-order chi connectivity index (χ0) is 15.6. The van der Waals surface area contributed by atoms with E-state index in [0.717, 1.165) is 6.42 Å². The molecule has 3 rings (SSSR count). The lowest BCUT2D eigenvalue weighted by atomic mass is 9.81. The summed E-state index contributed by atoms with van der Waals surface area (Å²) in [5.41, 5.74) is -0.227. The van der Waals surface area contributed by atoms with E-state index < -0.39 is 20.7 Å². The van der Waals surface area contributed by atoms with Gasteiger partial charge in [0, 0.05) is 0 Å². The lowest BCUT2D eigenvalue weighted by Gasteiger charge is -2.38. The highest BCUT2D eigenvalue weighted by Crippen LogP contribution is 2.40. The van der Waals surface area contributed by atoms with Crippen molar-refractivity contribution < 1.29 is 13.5 Å². The summed E-state index contributed by atoms with van der Waals surface area (Å²) in [4.78, 5) is 0. The first kappa shape index (κ1) is 15.3. The molecule has 2 aromatic carbocycles. The maximum absolute atomic E-state index is 12.6. The third-order valence-electron chi connectivity index (χ3n) is 4.47. The monoisotopic (exact) mass is 316 g/mol. The first-order chi connectivity index (χ1) is 10.5. The number of benzene rings is 2. The molecular weight excluding hydrogens is 296 g/mol. The Morgan fingerprint density at radius 1 is 0.864 bits per heavy atom.